The molecule has 0 radical (unpaired) electrons. The molecule has 0 aliphatic carbocycles. The van der Waals surface area contributed by atoms with Crippen molar-refractivity contribution in [3.63, 3.8) is 0 Å². The van der Waals surface area contributed by atoms with Gasteiger partial charge in [-0.1, -0.05) is 0 Å². The Bertz CT molecular complexity index is 824. The standard InChI is InChI=1S/C12H11N3O3S2/c13-9-10-8(2-1-4-14-10)19-11(9)12(16)15-7-3-5-20(17,18)6-7/h1-5,7H,6,13H2,(H,15,16). The van der Waals surface area contributed by atoms with Gasteiger partial charge in [0.25, 0.3) is 5.91 Å². The topological polar surface area (TPSA) is 102 Å². The number of anilines is 1. The Kier molecular flexibility index (Phi) is 2.98. The summed E-state index contributed by atoms with van der Waals surface area (Å²) in [6.45, 7) is 0. The van der Waals surface area contributed by atoms with Crippen molar-refractivity contribution in [1.29, 1.82) is 0 Å². The van der Waals surface area contributed by atoms with E-state index < -0.39 is 15.9 Å². The number of pyridine rings is 1. The molecule has 3 N–H and O–H groups in total. The lowest BCUT2D eigenvalue weighted by Crippen LogP contribution is -2.35. The average Bonchev–Trinajstić information content (AvgIpc) is 2.91. The van der Waals surface area contributed by atoms with Gasteiger partial charge in [-0.15, -0.1) is 11.3 Å². The number of hydrogen-bond acceptors (Lipinski definition) is 6. The van der Waals surface area contributed by atoms with E-state index in [4.69, 9.17) is 5.73 Å². The van der Waals surface area contributed by atoms with E-state index in [2.05, 4.69) is 10.3 Å². The molecule has 0 fully saturated rings. The van der Waals surface area contributed by atoms with Crippen molar-refractivity contribution in [2.45, 2.75) is 6.04 Å². The van der Waals surface area contributed by atoms with Gasteiger partial charge in [0.2, 0.25) is 0 Å². The lowest BCUT2D eigenvalue weighted by atomic mass is 10.3. The summed E-state index contributed by atoms with van der Waals surface area (Å²) in [6, 6.07) is 3.09. The number of rotatable bonds is 2. The first-order valence-corrected chi connectivity index (χ1v) is 8.34. The number of thiophene rings is 1. The molecule has 0 aromatic carbocycles. The van der Waals surface area contributed by atoms with Crippen LogP contribution >= 0.6 is 11.3 Å². The molecule has 8 heteroatoms. The van der Waals surface area contributed by atoms with Crippen LogP contribution in [0.15, 0.2) is 29.8 Å². The summed E-state index contributed by atoms with van der Waals surface area (Å²) in [4.78, 5) is 16.7. The van der Waals surface area contributed by atoms with Crippen LogP contribution in [0.1, 0.15) is 9.67 Å². The van der Waals surface area contributed by atoms with Gasteiger partial charge in [0.1, 0.15) is 10.4 Å². The minimum atomic E-state index is -3.19. The van der Waals surface area contributed by atoms with Crippen LogP contribution in [0.25, 0.3) is 10.2 Å². The van der Waals surface area contributed by atoms with Crippen LogP contribution in [0.4, 0.5) is 5.69 Å². The highest BCUT2D eigenvalue weighted by molar-refractivity contribution is 7.94. The maximum atomic E-state index is 12.2. The number of aromatic nitrogens is 1. The summed E-state index contributed by atoms with van der Waals surface area (Å²) in [6.07, 6.45) is 3.08. The molecule has 20 heavy (non-hydrogen) atoms. The molecule has 0 saturated heterocycles. The van der Waals surface area contributed by atoms with Gasteiger partial charge < -0.3 is 11.1 Å². The number of fused-ring (bicyclic) bond motifs is 1. The lowest BCUT2D eigenvalue weighted by Gasteiger charge is -2.08. The Balaban J connectivity index is 1.87. The van der Waals surface area contributed by atoms with Gasteiger partial charge >= 0.3 is 0 Å². The summed E-state index contributed by atoms with van der Waals surface area (Å²) in [5.41, 5.74) is 6.84. The highest BCUT2D eigenvalue weighted by Crippen LogP contribution is 2.31. The molecule has 6 nitrogen and oxygen atoms in total. The van der Waals surface area contributed by atoms with Gasteiger partial charge in [-0.05, 0) is 18.2 Å². The quantitative estimate of drug-likeness (QED) is 0.859. The van der Waals surface area contributed by atoms with Crippen LogP contribution in [0, 0.1) is 0 Å². The lowest BCUT2D eigenvalue weighted by molar-refractivity contribution is 0.0952. The van der Waals surface area contributed by atoms with Crippen molar-refractivity contribution in [2.24, 2.45) is 0 Å². The van der Waals surface area contributed by atoms with Crippen LogP contribution in [0.3, 0.4) is 0 Å². The zero-order valence-corrected chi connectivity index (χ0v) is 11.9. The third-order valence-corrected chi connectivity index (χ3v) is 5.49. The second-order valence-electron chi connectivity index (χ2n) is 4.43. The Morgan fingerprint density at radius 2 is 2.30 bits per heavy atom. The van der Waals surface area contributed by atoms with Crippen molar-refractivity contribution >= 4 is 43.0 Å². The first kappa shape index (κ1) is 13.1. The van der Waals surface area contributed by atoms with E-state index in [0.29, 0.717) is 16.1 Å². The van der Waals surface area contributed by atoms with E-state index in [9.17, 15) is 13.2 Å². The maximum absolute atomic E-state index is 12.2. The second kappa shape index (κ2) is 4.57. The molecule has 1 unspecified atom stereocenters. The largest absolute Gasteiger partial charge is 0.396 e. The first-order chi connectivity index (χ1) is 9.46. The van der Waals surface area contributed by atoms with Crippen LogP contribution in [0.2, 0.25) is 0 Å². The van der Waals surface area contributed by atoms with Crippen LogP contribution in [-0.2, 0) is 9.84 Å². The van der Waals surface area contributed by atoms with Crippen molar-refractivity contribution in [1.82, 2.24) is 10.3 Å². The van der Waals surface area contributed by atoms with Crippen molar-refractivity contribution in [3.05, 3.63) is 34.7 Å². The fraction of sp³-hybridized carbons (Fsp3) is 0.167. The fourth-order valence-corrected chi connectivity index (χ4v) is 4.24. The minimum Gasteiger partial charge on any atom is -0.396 e. The summed E-state index contributed by atoms with van der Waals surface area (Å²) in [7, 11) is -3.19. The third-order valence-electron chi connectivity index (χ3n) is 2.94. The molecule has 3 rings (SSSR count). The van der Waals surface area contributed by atoms with Crippen LogP contribution in [-0.4, -0.2) is 31.1 Å². The number of hydrogen-bond donors (Lipinski definition) is 2. The highest BCUT2D eigenvalue weighted by Gasteiger charge is 2.25. The molecular formula is C12H11N3O3S2. The van der Waals surface area contributed by atoms with Gasteiger partial charge in [-0.25, -0.2) is 8.42 Å². The molecule has 0 spiro atoms. The van der Waals surface area contributed by atoms with Gasteiger partial charge in [-0.3, -0.25) is 9.78 Å². The molecule has 2 aromatic heterocycles. The zero-order chi connectivity index (χ0) is 14.3. The Labute approximate surface area is 119 Å². The molecule has 1 atom stereocenters. The predicted octanol–water partition coefficient (Wildman–Crippen LogP) is 0.919. The summed E-state index contributed by atoms with van der Waals surface area (Å²) in [5, 5.41) is 3.77. The van der Waals surface area contributed by atoms with Gasteiger partial charge in [0, 0.05) is 11.6 Å². The number of nitrogen functional groups attached to an aromatic ring is 1. The molecule has 2 aromatic rings. The fourth-order valence-electron chi connectivity index (χ4n) is 2.02. The third kappa shape index (κ3) is 2.27. The van der Waals surface area contributed by atoms with Gasteiger partial charge in [0.05, 0.1) is 22.2 Å². The zero-order valence-electron chi connectivity index (χ0n) is 10.2. The van der Waals surface area contributed by atoms with Crippen molar-refractivity contribution < 1.29 is 13.2 Å². The maximum Gasteiger partial charge on any atom is 0.264 e. The molecule has 1 amide bonds. The summed E-state index contributed by atoms with van der Waals surface area (Å²) >= 11 is 1.24. The van der Waals surface area contributed by atoms with E-state index >= 15 is 0 Å². The van der Waals surface area contributed by atoms with Crippen LogP contribution in [0.5, 0.6) is 0 Å². The molecule has 104 valence electrons. The summed E-state index contributed by atoms with van der Waals surface area (Å²) < 4.78 is 23.4. The van der Waals surface area contributed by atoms with Crippen molar-refractivity contribution in [3.8, 4) is 0 Å². The van der Waals surface area contributed by atoms with E-state index in [1.807, 2.05) is 6.07 Å². The van der Waals surface area contributed by atoms with E-state index in [-0.39, 0.29) is 11.7 Å². The monoisotopic (exact) mass is 309 g/mol. The molecule has 3 heterocycles. The number of nitrogens with two attached hydrogens (primary N) is 1. The molecule has 1 aliphatic heterocycles. The molecule has 0 saturated carbocycles. The average molecular weight is 309 g/mol. The van der Waals surface area contributed by atoms with Gasteiger partial charge in [0.15, 0.2) is 9.84 Å². The SMILES string of the molecule is Nc1c(C(=O)NC2C=CS(=O)(=O)C2)sc2cccnc12. The highest BCUT2D eigenvalue weighted by atomic mass is 32.2. The normalized spacial score (nSPS) is 20.3. The summed E-state index contributed by atoms with van der Waals surface area (Å²) in [5.74, 6) is -0.487. The van der Waals surface area contributed by atoms with E-state index in [1.165, 1.54) is 17.4 Å². The minimum absolute atomic E-state index is 0.109. The predicted molar refractivity (Wildman–Crippen MR) is 78.2 cm³/mol. The van der Waals surface area contributed by atoms with Crippen LogP contribution < -0.4 is 11.1 Å². The molecule has 1 aliphatic rings. The second-order valence-corrected chi connectivity index (χ2v) is 7.42. The van der Waals surface area contributed by atoms with E-state index in [1.54, 1.807) is 12.3 Å². The number of nitrogens with one attached hydrogen (secondary N) is 1. The number of carbonyl (C=O) groups is 1. The number of carbonyl (C=O) groups excluding carboxylic acids is 1. The number of amides is 1. The Morgan fingerprint density at radius 1 is 1.50 bits per heavy atom. The van der Waals surface area contributed by atoms with E-state index in [0.717, 1.165) is 10.1 Å². The smallest absolute Gasteiger partial charge is 0.264 e. The molecule has 0 bridgehead atoms. The molecular weight excluding hydrogens is 298 g/mol. The first-order valence-electron chi connectivity index (χ1n) is 5.81. The number of nitrogens with zero attached hydrogens (tertiary/aromatic N) is 1. The number of sulfone groups is 1. The Hall–Kier alpha value is -1.93. The Morgan fingerprint density at radius 3 is 2.95 bits per heavy atom. The van der Waals surface area contributed by atoms with Crippen molar-refractivity contribution in [2.75, 3.05) is 11.5 Å². The van der Waals surface area contributed by atoms with Gasteiger partial charge in [-0.2, -0.15) is 0 Å².